The SMILES string of the molecule is CN(C)c1ccc(C=N[n+]2ccccc2)cc1.[O-][Cl+3]([O-])([O-])[O-]. The molecule has 1 heterocycles. The van der Waals surface area contributed by atoms with Gasteiger partial charge in [-0.1, -0.05) is 22.9 Å². The molecule has 0 saturated carbocycles. The van der Waals surface area contributed by atoms with E-state index in [-0.39, 0.29) is 0 Å². The van der Waals surface area contributed by atoms with Gasteiger partial charge in [0.15, 0.2) is 0 Å². The van der Waals surface area contributed by atoms with Crippen LogP contribution in [0.1, 0.15) is 5.56 Å². The van der Waals surface area contributed by atoms with Gasteiger partial charge in [0.1, 0.15) is 6.21 Å². The molecule has 0 spiro atoms. The Hall–Kier alpha value is -2.03. The molecule has 0 radical (unpaired) electrons. The molecule has 0 N–H and O–H groups in total. The number of anilines is 1. The van der Waals surface area contributed by atoms with Gasteiger partial charge >= 0.3 is 0 Å². The fraction of sp³-hybridized carbons (Fsp3) is 0.143. The lowest BCUT2D eigenvalue weighted by Gasteiger charge is -2.17. The Labute approximate surface area is 130 Å². The van der Waals surface area contributed by atoms with Crippen LogP contribution in [0.5, 0.6) is 0 Å². The molecule has 0 saturated heterocycles. The van der Waals surface area contributed by atoms with Gasteiger partial charge in [-0.2, -0.15) is 0 Å². The van der Waals surface area contributed by atoms with Crippen molar-refractivity contribution in [2.24, 2.45) is 5.10 Å². The van der Waals surface area contributed by atoms with Crippen molar-refractivity contribution in [3.63, 3.8) is 0 Å². The van der Waals surface area contributed by atoms with Crippen molar-refractivity contribution in [2.75, 3.05) is 19.0 Å². The molecule has 7 nitrogen and oxygen atoms in total. The smallest absolute Gasteiger partial charge is 0.202 e. The molecule has 0 aliphatic rings. The topological polar surface area (TPSA) is 112 Å². The summed E-state index contributed by atoms with van der Waals surface area (Å²) < 4.78 is 35.7. The largest absolute Gasteiger partial charge is 0.378 e. The van der Waals surface area contributed by atoms with Crippen LogP contribution in [0.3, 0.4) is 0 Å². The third kappa shape index (κ3) is 8.30. The zero-order valence-corrected chi connectivity index (χ0v) is 12.9. The van der Waals surface area contributed by atoms with Crippen molar-refractivity contribution in [3.05, 3.63) is 60.4 Å². The lowest BCUT2D eigenvalue weighted by molar-refractivity contribution is -2.00. The monoisotopic (exact) mass is 325 g/mol. The first-order valence-electron chi connectivity index (χ1n) is 6.15. The van der Waals surface area contributed by atoms with E-state index in [1.165, 1.54) is 5.69 Å². The lowest BCUT2D eigenvalue weighted by Crippen LogP contribution is -2.68. The molecular weight excluding hydrogens is 310 g/mol. The van der Waals surface area contributed by atoms with Gasteiger partial charge in [-0.3, -0.25) is 0 Å². The van der Waals surface area contributed by atoms with Gasteiger partial charge in [0.05, 0.1) is 0 Å². The van der Waals surface area contributed by atoms with E-state index < -0.39 is 10.2 Å². The third-order valence-corrected chi connectivity index (χ3v) is 2.45. The van der Waals surface area contributed by atoms with E-state index in [1.54, 1.807) is 4.68 Å². The van der Waals surface area contributed by atoms with Crippen LogP contribution in [0.2, 0.25) is 0 Å². The second kappa shape index (κ2) is 8.42. The third-order valence-electron chi connectivity index (χ3n) is 2.45. The molecule has 0 unspecified atom stereocenters. The van der Waals surface area contributed by atoms with Gasteiger partial charge < -0.3 is 4.90 Å². The molecule has 22 heavy (non-hydrogen) atoms. The normalized spacial score (nSPS) is 11.0. The summed E-state index contributed by atoms with van der Waals surface area (Å²) >= 11 is 0. The van der Waals surface area contributed by atoms with Crippen LogP contribution in [-0.2, 0) is 0 Å². The molecule has 2 rings (SSSR count). The van der Waals surface area contributed by atoms with Crippen molar-refractivity contribution >= 4 is 11.9 Å². The molecular formula is C14H16ClN3O4. The van der Waals surface area contributed by atoms with Crippen LogP contribution >= 0.6 is 0 Å². The average Bonchev–Trinajstić information content (AvgIpc) is 2.45. The second-order valence-corrected chi connectivity index (χ2v) is 5.12. The maximum absolute atomic E-state index is 8.49. The van der Waals surface area contributed by atoms with Gasteiger partial charge in [0.25, 0.3) is 0 Å². The summed E-state index contributed by atoms with van der Waals surface area (Å²) in [5, 5.41) is 4.33. The van der Waals surface area contributed by atoms with Crippen LogP contribution in [0.4, 0.5) is 5.69 Å². The number of aromatic nitrogens is 1. The van der Waals surface area contributed by atoms with E-state index in [2.05, 4.69) is 34.3 Å². The highest BCUT2D eigenvalue weighted by Gasteiger charge is 1.96. The number of hydrogen-bond donors (Lipinski definition) is 0. The van der Waals surface area contributed by atoms with Crippen LogP contribution in [-0.4, -0.2) is 20.3 Å². The van der Waals surface area contributed by atoms with Crippen LogP contribution in [0.15, 0.2) is 60.0 Å². The molecule has 0 aliphatic heterocycles. The summed E-state index contributed by atoms with van der Waals surface area (Å²) in [5.41, 5.74) is 2.28. The summed E-state index contributed by atoms with van der Waals surface area (Å²) in [6.07, 6.45) is 5.66. The molecule has 118 valence electrons. The Bertz CT molecular complexity index is 577. The number of hydrogen-bond acceptors (Lipinski definition) is 6. The van der Waals surface area contributed by atoms with Crippen LogP contribution < -0.4 is 28.2 Å². The number of nitrogens with zero attached hydrogens (tertiary/aromatic N) is 3. The summed E-state index contributed by atoms with van der Waals surface area (Å²) in [6.45, 7) is 0. The Morgan fingerprint density at radius 2 is 1.45 bits per heavy atom. The fourth-order valence-electron chi connectivity index (χ4n) is 1.46. The minimum Gasteiger partial charge on any atom is -0.378 e. The van der Waals surface area contributed by atoms with Crippen molar-refractivity contribution in [1.82, 2.24) is 0 Å². The summed E-state index contributed by atoms with van der Waals surface area (Å²) in [5.74, 6) is 0. The molecule has 8 heteroatoms. The Balaban J connectivity index is 0.000000422. The second-order valence-electron chi connectivity index (χ2n) is 4.36. The number of halogens is 1. The van der Waals surface area contributed by atoms with E-state index in [1.807, 2.05) is 50.9 Å². The number of pyridine rings is 1. The first-order valence-corrected chi connectivity index (χ1v) is 7.39. The molecule has 0 amide bonds. The van der Waals surface area contributed by atoms with Crippen molar-refractivity contribution in [3.8, 4) is 0 Å². The van der Waals surface area contributed by atoms with Crippen molar-refractivity contribution in [2.45, 2.75) is 0 Å². The number of benzene rings is 1. The summed E-state index contributed by atoms with van der Waals surface area (Å²) in [7, 11) is -0.883. The first kappa shape index (κ1) is 18.0. The lowest BCUT2D eigenvalue weighted by atomic mass is 10.2. The van der Waals surface area contributed by atoms with Crippen LogP contribution in [0, 0.1) is 10.2 Å². The maximum Gasteiger partial charge on any atom is 0.202 e. The summed E-state index contributed by atoms with van der Waals surface area (Å²) in [4.78, 5) is 2.08. The van der Waals surface area contributed by atoms with Gasteiger partial charge in [-0.25, -0.2) is 18.6 Å². The van der Waals surface area contributed by atoms with E-state index >= 15 is 0 Å². The zero-order valence-electron chi connectivity index (χ0n) is 12.1. The molecule has 0 aliphatic carbocycles. The van der Waals surface area contributed by atoms with Gasteiger partial charge in [0, 0.05) is 31.9 Å². The van der Waals surface area contributed by atoms with E-state index in [0.717, 1.165) is 5.56 Å². The van der Waals surface area contributed by atoms with Crippen molar-refractivity contribution in [1.29, 1.82) is 0 Å². The summed E-state index contributed by atoms with van der Waals surface area (Å²) in [6, 6.07) is 14.1. The standard InChI is InChI=1S/C14H16N3.ClHO4/c1-16(2)14-8-6-13(7-9-14)12-15-17-10-4-3-5-11-17;2-1(3,4)5/h3-12H,1-2H3;(H,2,3,4,5)/q+1;/p-1. The van der Waals surface area contributed by atoms with Gasteiger partial charge in [-0.15, -0.1) is 10.2 Å². The molecule has 1 aromatic carbocycles. The molecule has 2 aromatic rings. The predicted octanol–water partition coefficient (Wildman–Crippen LogP) is -2.83. The highest BCUT2D eigenvalue weighted by atomic mass is 35.7. The van der Waals surface area contributed by atoms with Crippen LogP contribution in [0.25, 0.3) is 0 Å². The average molecular weight is 326 g/mol. The predicted molar refractivity (Wildman–Crippen MR) is 70.4 cm³/mol. The van der Waals surface area contributed by atoms with E-state index in [9.17, 15) is 0 Å². The maximum atomic E-state index is 8.49. The fourth-order valence-corrected chi connectivity index (χ4v) is 1.46. The first-order chi connectivity index (χ1) is 10.3. The number of rotatable bonds is 3. The molecule has 0 atom stereocenters. The van der Waals surface area contributed by atoms with E-state index in [4.69, 9.17) is 18.6 Å². The Morgan fingerprint density at radius 3 is 1.91 bits per heavy atom. The Kier molecular flexibility index (Phi) is 6.90. The minimum atomic E-state index is -4.94. The highest BCUT2D eigenvalue weighted by molar-refractivity contribution is 5.79. The van der Waals surface area contributed by atoms with Crippen molar-refractivity contribution < 1.29 is 33.6 Å². The molecule has 1 aromatic heterocycles. The highest BCUT2D eigenvalue weighted by Crippen LogP contribution is 2.10. The van der Waals surface area contributed by atoms with E-state index in [0.29, 0.717) is 0 Å². The molecule has 0 bridgehead atoms. The van der Waals surface area contributed by atoms with Gasteiger partial charge in [-0.05, 0) is 22.8 Å². The zero-order chi connectivity index (χ0) is 16.6. The van der Waals surface area contributed by atoms with Gasteiger partial charge in [0.2, 0.25) is 12.4 Å². The quantitative estimate of drug-likeness (QED) is 0.446. The Morgan fingerprint density at radius 1 is 0.955 bits per heavy atom. The molecule has 0 fully saturated rings. The minimum absolute atomic E-state index is 1.09.